The van der Waals surface area contributed by atoms with Crippen molar-refractivity contribution >= 4 is 17.7 Å². The van der Waals surface area contributed by atoms with Crippen LogP contribution in [0.4, 0.5) is 10.5 Å². The molecular formula is C24H31N3O4. The number of piperidine rings is 1. The van der Waals surface area contributed by atoms with Crippen LogP contribution in [0.25, 0.3) is 0 Å². The molecule has 2 amide bonds. The van der Waals surface area contributed by atoms with Crippen molar-refractivity contribution in [3.63, 3.8) is 0 Å². The third-order valence-electron chi connectivity index (χ3n) is 6.98. The number of likely N-dealkylation sites (tertiary alicyclic amines) is 1. The van der Waals surface area contributed by atoms with Gasteiger partial charge >= 0.3 is 6.09 Å². The molecular weight excluding hydrogens is 394 g/mol. The number of terminal acetylenes is 1. The monoisotopic (exact) mass is 425 g/mol. The molecule has 1 spiro atoms. The second kappa shape index (κ2) is 9.19. The quantitative estimate of drug-likeness (QED) is 0.725. The number of rotatable bonds is 4. The Kier molecular flexibility index (Phi) is 6.38. The zero-order valence-corrected chi connectivity index (χ0v) is 17.9. The minimum Gasteiger partial charge on any atom is -0.410 e. The average molecular weight is 426 g/mol. The van der Waals surface area contributed by atoms with E-state index in [0.29, 0.717) is 11.7 Å². The van der Waals surface area contributed by atoms with Gasteiger partial charge in [0.05, 0.1) is 18.1 Å². The fourth-order valence-electron chi connectivity index (χ4n) is 5.29. The fraction of sp³-hybridized carbons (Fsp3) is 0.583. The first kappa shape index (κ1) is 21.5. The molecule has 31 heavy (non-hydrogen) atoms. The van der Waals surface area contributed by atoms with Crippen LogP contribution in [0.15, 0.2) is 24.3 Å². The summed E-state index contributed by atoms with van der Waals surface area (Å²) in [5, 5.41) is 12.3. The number of aliphatic hydroxyl groups excluding tert-OH is 1. The molecule has 2 saturated heterocycles. The molecule has 7 heteroatoms. The Morgan fingerprint density at radius 1 is 1.19 bits per heavy atom. The summed E-state index contributed by atoms with van der Waals surface area (Å²) >= 11 is 0. The van der Waals surface area contributed by atoms with Gasteiger partial charge in [0.15, 0.2) is 0 Å². The Hall–Kier alpha value is -2.72. The molecule has 2 N–H and O–H groups in total. The molecule has 4 rings (SSSR count). The Bertz CT molecular complexity index is 841. The summed E-state index contributed by atoms with van der Waals surface area (Å²) < 4.78 is 5.22. The first-order valence-electron chi connectivity index (χ1n) is 11.2. The fourth-order valence-corrected chi connectivity index (χ4v) is 5.29. The van der Waals surface area contributed by atoms with Gasteiger partial charge in [-0.3, -0.25) is 4.79 Å². The lowest BCUT2D eigenvalue weighted by atomic mass is 9.78. The Morgan fingerprint density at radius 2 is 1.94 bits per heavy atom. The highest BCUT2D eigenvalue weighted by atomic mass is 16.6. The molecule has 166 valence electrons. The highest BCUT2D eigenvalue weighted by Crippen LogP contribution is 2.43. The van der Waals surface area contributed by atoms with Crippen molar-refractivity contribution in [2.45, 2.75) is 57.1 Å². The molecule has 0 radical (unpaired) electrons. The second-order valence-corrected chi connectivity index (χ2v) is 8.96. The van der Waals surface area contributed by atoms with Gasteiger partial charge in [-0.2, -0.15) is 0 Å². The van der Waals surface area contributed by atoms with Crippen molar-refractivity contribution in [3.8, 4) is 18.1 Å². The maximum absolute atomic E-state index is 13.5. The molecule has 1 atom stereocenters. The Morgan fingerprint density at radius 3 is 2.65 bits per heavy atom. The Labute approximate surface area is 183 Å². The van der Waals surface area contributed by atoms with E-state index in [0.717, 1.165) is 70.3 Å². The van der Waals surface area contributed by atoms with Crippen LogP contribution in [0, 0.1) is 17.8 Å². The summed E-state index contributed by atoms with van der Waals surface area (Å²) in [5.74, 6) is 3.08. The summed E-state index contributed by atoms with van der Waals surface area (Å²) in [7, 11) is 0. The van der Waals surface area contributed by atoms with Crippen LogP contribution >= 0.6 is 0 Å². The van der Waals surface area contributed by atoms with Crippen LogP contribution in [-0.2, 0) is 4.79 Å². The number of hydrogen-bond acceptors (Lipinski definition) is 5. The number of hydrogen-bond donors (Lipinski definition) is 2. The standard InChI is InChI=1S/C24H31N3O4/c1-2-14-25-23(30)31-21-10-6-18(7-11-21)26-15-3-12-24(17-26)13-16-27(22(24)29)19-4-8-20(28)9-5-19/h1,6-7,10-11,19-20,28H,3-5,8-9,12-17H2,(H,25,30). The van der Waals surface area contributed by atoms with Crippen molar-refractivity contribution in [3.05, 3.63) is 24.3 Å². The summed E-state index contributed by atoms with van der Waals surface area (Å²) in [6, 6.07) is 7.68. The topological polar surface area (TPSA) is 82.1 Å². The lowest BCUT2D eigenvalue weighted by molar-refractivity contribution is -0.139. The van der Waals surface area contributed by atoms with Crippen molar-refractivity contribution < 1.29 is 19.4 Å². The molecule has 2 aliphatic heterocycles. The van der Waals surface area contributed by atoms with Gasteiger partial charge in [-0.25, -0.2) is 4.79 Å². The molecule has 2 heterocycles. The smallest absolute Gasteiger partial charge is 0.410 e. The van der Waals surface area contributed by atoms with E-state index in [-0.39, 0.29) is 24.1 Å². The first-order valence-corrected chi connectivity index (χ1v) is 11.2. The summed E-state index contributed by atoms with van der Waals surface area (Å²) in [4.78, 5) is 29.5. The SMILES string of the molecule is C#CCNC(=O)Oc1ccc(N2CCCC3(CCN(C4CCC(O)CC4)C3=O)C2)cc1. The van der Waals surface area contributed by atoms with E-state index in [1.54, 1.807) is 12.1 Å². The molecule has 1 saturated carbocycles. The van der Waals surface area contributed by atoms with E-state index < -0.39 is 6.09 Å². The molecule has 3 aliphatic rings. The summed E-state index contributed by atoms with van der Waals surface area (Å²) in [6.45, 7) is 2.58. The van der Waals surface area contributed by atoms with Gasteiger partial charge in [-0.1, -0.05) is 5.92 Å². The zero-order chi connectivity index (χ0) is 21.8. The number of carbonyl (C=O) groups excluding carboxylic acids is 2. The van der Waals surface area contributed by atoms with Crippen LogP contribution in [0.1, 0.15) is 44.9 Å². The van der Waals surface area contributed by atoms with Crippen LogP contribution in [-0.4, -0.2) is 60.3 Å². The van der Waals surface area contributed by atoms with Gasteiger partial charge in [0.2, 0.25) is 5.91 Å². The van der Waals surface area contributed by atoms with E-state index >= 15 is 0 Å². The molecule has 1 aromatic carbocycles. The predicted octanol–water partition coefficient (Wildman–Crippen LogP) is 2.53. The van der Waals surface area contributed by atoms with E-state index in [1.165, 1.54) is 0 Å². The van der Waals surface area contributed by atoms with E-state index in [4.69, 9.17) is 11.2 Å². The largest absolute Gasteiger partial charge is 0.413 e. The number of benzene rings is 1. The van der Waals surface area contributed by atoms with Crippen LogP contribution in [0.2, 0.25) is 0 Å². The number of ether oxygens (including phenoxy) is 1. The van der Waals surface area contributed by atoms with Crippen LogP contribution in [0.3, 0.4) is 0 Å². The van der Waals surface area contributed by atoms with Gasteiger partial charge in [-0.15, -0.1) is 6.42 Å². The van der Waals surface area contributed by atoms with Crippen LogP contribution < -0.4 is 15.0 Å². The molecule has 1 aliphatic carbocycles. The number of nitrogens with one attached hydrogen (secondary N) is 1. The van der Waals surface area contributed by atoms with Crippen molar-refractivity contribution in [2.75, 3.05) is 31.1 Å². The second-order valence-electron chi connectivity index (χ2n) is 8.96. The lowest BCUT2D eigenvalue weighted by Crippen LogP contribution is -2.50. The van der Waals surface area contributed by atoms with Gasteiger partial charge in [0.25, 0.3) is 0 Å². The third-order valence-corrected chi connectivity index (χ3v) is 6.98. The van der Waals surface area contributed by atoms with E-state index in [1.807, 2.05) is 12.1 Å². The van der Waals surface area contributed by atoms with Gasteiger partial charge in [0.1, 0.15) is 5.75 Å². The molecule has 3 fully saturated rings. The van der Waals surface area contributed by atoms with Gasteiger partial charge in [0, 0.05) is 31.4 Å². The highest BCUT2D eigenvalue weighted by molar-refractivity contribution is 5.86. The molecule has 1 unspecified atom stereocenters. The van der Waals surface area contributed by atoms with Crippen molar-refractivity contribution in [1.82, 2.24) is 10.2 Å². The summed E-state index contributed by atoms with van der Waals surface area (Å²) in [6.07, 6.45) is 10.6. The van der Waals surface area contributed by atoms with E-state index in [2.05, 4.69) is 21.0 Å². The first-order chi connectivity index (χ1) is 15.0. The predicted molar refractivity (Wildman–Crippen MR) is 118 cm³/mol. The van der Waals surface area contributed by atoms with Gasteiger partial charge < -0.3 is 25.0 Å². The molecule has 0 aromatic heterocycles. The highest BCUT2D eigenvalue weighted by Gasteiger charge is 2.50. The van der Waals surface area contributed by atoms with Gasteiger partial charge in [-0.05, 0) is 69.2 Å². The number of anilines is 1. The normalized spacial score (nSPS) is 28.5. The number of aliphatic hydroxyl groups is 1. The number of nitrogens with zero attached hydrogens (tertiary/aromatic N) is 2. The van der Waals surface area contributed by atoms with Crippen LogP contribution in [0.5, 0.6) is 5.75 Å². The maximum Gasteiger partial charge on any atom is 0.413 e. The minimum atomic E-state index is -0.575. The molecule has 7 nitrogen and oxygen atoms in total. The summed E-state index contributed by atoms with van der Waals surface area (Å²) in [5.41, 5.74) is 0.723. The van der Waals surface area contributed by atoms with E-state index in [9.17, 15) is 14.7 Å². The minimum absolute atomic E-state index is 0.124. The third kappa shape index (κ3) is 4.64. The lowest BCUT2D eigenvalue weighted by Gasteiger charge is -2.41. The zero-order valence-electron chi connectivity index (χ0n) is 17.9. The van der Waals surface area contributed by atoms with Crippen molar-refractivity contribution in [1.29, 1.82) is 0 Å². The number of amides is 2. The average Bonchev–Trinajstić information content (AvgIpc) is 3.09. The number of carbonyl (C=O) groups is 2. The Balaban J connectivity index is 1.39. The maximum atomic E-state index is 13.5. The van der Waals surface area contributed by atoms with Crippen molar-refractivity contribution in [2.24, 2.45) is 5.41 Å². The molecule has 1 aromatic rings. The molecule has 0 bridgehead atoms.